The van der Waals surface area contributed by atoms with Gasteiger partial charge in [0.25, 0.3) is 7.82 Å². The van der Waals surface area contributed by atoms with Crippen LogP contribution >= 0.6 is 7.82 Å². The van der Waals surface area contributed by atoms with E-state index in [-0.39, 0.29) is 25.8 Å². The van der Waals surface area contributed by atoms with Crippen molar-refractivity contribution < 1.29 is 37.3 Å². The summed E-state index contributed by atoms with van der Waals surface area (Å²) < 4.78 is 34.6. The van der Waals surface area contributed by atoms with Crippen molar-refractivity contribution >= 4 is 13.8 Å². The maximum absolute atomic E-state index is 12.7. The second-order valence-corrected chi connectivity index (χ2v) is 18.2. The molecule has 0 aromatic carbocycles. The van der Waals surface area contributed by atoms with E-state index in [0.29, 0.717) is 24.1 Å². The number of allylic oxidation sites excluding steroid dienone is 2. The van der Waals surface area contributed by atoms with Crippen molar-refractivity contribution in [3.63, 3.8) is 0 Å². The fraction of sp³-hybridized carbons (Fsp3) is 0.933. The molecule has 0 N–H and O–H groups in total. The van der Waals surface area contributed by atoms with E-state index in [9.17, 15) is 14.3 Å². The number of nitrogens with zero attached hydrogens (tertiary/aromatic N) is 1. The lowest BCUT2D eigenvalue weighted by molar-refractivity contribution is -0.870. The third kappa shape index (κ3) is 42.4. The highest BCUT2D eigenvalue weighted by Crippen LogP contribution is 2.38. The van der Waals surface area contributed by atoms with Gasteiger partial charge in [0.05, 0.1) is 34.4 Å². The van der Waals surface area contributed by atoms with E-state index in [2.05, 4.69) is 26.0 Å². The minimum Gasteiger partial charge on any atom is -0.756 e. The van der Waals surface area contributed by atoms with Gasteiger partial charge in [-0.05, 0) is 38.5 Å². The first-order valence-corrected chi connectivity index (χ1v) is 24.4. The Morgan fingerprint density at radius 2 is 0.963 bits per heavy atom. The molecule has 0 heterocycles. The highest BCUT2D eigenvalue weighted by atomic mass is 31.2. The predicted octanol–water partition coefficient (Wildman–Crippen LogP) is 12.8. The summed E-state index contributed by atoms with van der Waals surface area (Å²) in [6, 6.07) is 0. The van der Waals surface area contributed by atoms with Crippen LogP contribution in [0.3, 0.4) is 0 Å². The Bertz CT molecular complexity index is 879. The Balaban J connectivity index is 4.17. The summed E-state index contributed by atoms with van der Waals surface area (Å²) in [6.45, 7) is 5.44. The summed E-state index contributed by atoms with van der Waals surface area (Å²) >= 11 is 0. The SMILES string of the molecule is CCCCCCCC/C=C\CCCCCCCCCCOCC(COP(=O)([O-])OCC[N+](C)(C)C)OC(=O)CCCCCCCCCCCCCCCC. The molecule has 2 atom stereocenters. The van der Waals surface area contributed by atoms with Crippen LogP contribution in [0.1, 0.15) is 213 Å². The maximum Gasteiger partial charge on any atom is 0.306 e. The number of likely N-dealkylation sites (N-methyl/N-ethyl adjacent to an activating group) is 1. The molecule has 0 aliphatic carbocycles. The van der Waals surface area contributed by atoms with Crippen molar-refractivity contribution in [2.75, 3.05) is 54.1 Å². The van der Waals surface area contributed by atoms with E-state index in [4.69, 9.17) is 18.5 Å². The van der Waals surface area contributed by atoms with Gasteiger partial charge in [-0.1, -0.05) is 180 Å². The van der Waals surface area contributed by atoms with Gasteiger partial charge in [0.1, 0.15) is 19.3 Å². The molecule has 0 saturated heterocycles. The molecular formula is C45H90NO7P. The summed E-state index contributed by atoms with van der Waals surface area (Å²) in [4.78, 5) is 25.0. The van der Waals surface area contributed by atoms with Crippen LogP contribution in [0.2, 0.25) is 0 Å². The van der Waals surface area contributed by atoms with Crippen molar-refractivity contribution in [2.24, 2.45) is 0 Å². The quantitative estimate of drug-likeness (QED) is 0.0200. The van der Waals surface area contributed by atoms with E-state index in [1.165, 1.54) is 161 Å². The Morgan fingerprint density at radius 3 is 1.41 bits per heavy atom. The summed E-state index contributed by atoms with van der Waals surface area (Å²) in [5, 5.41) is 0. The summed E-state index contributed by atoms with van der Waals surface area (Å²) in [6.07, 6.45) is 42.2. The Morgan fingerprint density at radius 1 is 0.556 bits per heavy atom. The van der Waals surface area contributed by atoms with Gasteiger partial charge in [0.15, 0.2) is 0 Å². The van der Waals surface area contributed by atoms with Gasteiger partial charge in [-0.2, -0.15) is 0 Å². The number of hydrogen-bond acceptors (Lipinski definition) is 7. The molecule has 0 aromatic rings. The summed E-state index contributed by atoms with van der Waals surface area (Å²) in [5.74, 6) is -0.331. The molecule has 0 aliphatic heterocycles. The van der Waals surface area contributed by atoms with Crippen LogP contribution in [-0.2, 0) is 27.9 Å². The fourth-order valence-electron chi connectivity index (χ4n) is 6.48. The zero-order valence-electron chi connectivity index (χ0n) is 36.4. The van der Waals surface area contributed by atoms with E-state index in [0.717, 1.165) is 32.1 Å². The van der Waals surface area contributed by atoms with Gasteiger partial charge >= 0.3 is 5.97 Å². The predicted molar refractivity (Wildman–Crippen MR) is 227 cm³/mol. The number of rotatable bonds is 43. The highest BCUT2D eigenvalue weighted by molar-refractivity contribution is 7.45. The monoisotopic (exact) mass is 788 g/mol. The molecule has 0 bridgehead atoms. The normalized spacial score (nSPS) is 13.8. The van der Waals surface area contributed by atoms with E-state index in [1.807, 2.05) is 21.1 Å². The van der Waals surface area contributed by atoms with Crippen LogP contribution in [0.25, 0.3) is 0 Å². The smallest absolute Gasteiger partial charge is 0.306 e. The first kappa shape index (κ1) is 53.2. The van der Waals surface area contributed by atoms with Gasteiger partial charge in [-0.3, -0.25) is 9.36 Å². The molecule has 0 amide bonds. The van der Waals surface area contributed by atoms with Gasteiger partial charge in [0, 0.05) is 13.0 Å². The van der Waals surface area contributed by atoms with Crippen molar-refractivity contribution in [3.8, 4) is 0 Å². The minimum absolute atomic E-state index is 0.0288. The number of hydrogen-bond donors (Lipinski definition) is 0. The standard InChI is InChI=1S/C45H90NO7P/c1-6-8-10-12-14-16-18-20-22-23-24-25-27-29-31-33-35-37-40-50-42-44(43-52-54(48,49)51-41-39-46(3,4)5)53-45(47)38-36-34-32-30-28-26-21-19-17-15-13-11-9-7-2/h20,22,44H,6-19,21,23-43H2,1-5H3/b22-20-. The molecule has 0 saturated carbocycles. The molecular weight excluding hydrogens is 697 g/mol. The van der Waals surface area contributed by atoms with Crippen LogP contribution in [0, 0.1) is 0 Å². The molecule has 0 aliphatic rings. The van der Waals surface area contributed by atoms with E-state index >= 15 is 0 Å². The molecule has 2 unspecified atom stereocenters. The molecule has 0 spiro atoms. The molecule has 0 aromatic heterocycles. The maximum atomic E-state index is 12.7. The lowest BCUT2D eigenvalue weighted by Crippen LogP contribution is -2.37. The van der Waals surface area contributed by atoms with Gasteiger partial charge < -0.3 is 27.9 Å². The van der Waals surface area contributed by atoms with Gasteiger partial charge in [-0.15, -0.1) is 0 Å². The average molecular weight is 788 g/mol. The van der Waals surface area contributed by atoms with Gasteiger partial charge in [-0.25, -0.2) is 0 Å². The number of phosphoric ester groups is 1. The fourth-order valence-corrected chi connectivity index (χ4v) is 7.21. The first-order valence-electron chi connectivity index (χ1n) is 22.9. The number of ether oxygens (including phenoxy) is 2. The number of esters is 1. The zero-order chi connectivity index (χ0) is 39.9. The molecule has 322 valence electrons. The van der Waals surface area contributed by atoms with Crippen molar-refractivity contribution in [1.82, 2.24) is 0 Å². The zero-order valence-corrected chi connectivity index (χ0v) is 37.3. The number of carbonyl (C=O) groups is 1. The Labute approximate surface area is 335 Å². The summed E-state index contributed by atoms with van der Waals surface area (Å²) in [5.41, 5.74) is 0. The minimum atomic E-state index is -4.52. The molecule has 9 heteroatoms. The summed E-state index contributed by atoms with van der Waals surface area (Å²) in [7, 11) is 1.37. The lowest BCUT2D eigenvalue weighted by Gasteiger charge is -2.28. The van der Waals surface area contributed by atoms with Crippen LogP contribution < -0.4 is 4.89 Å². The van der Waals surface area contributed by atoms with E-state index in [1.54, 1.807) is 0 Å². The average Bonchev–Trinajstić information content (AvgIpc) is 3.12. The van der Waals surface area contributed by atoms with E-state index < -0.39 is 13.9 Å². The second-order valence-electron chi connectivity index (χ2n) is 16.8. The molecule has 0 rings (SSSR count). The Hall–Kier alpha value is -0.760. The lowest BCUT2D eigenvalue weighted by atomic mass is 10.0. The number of carbonyl (C=O) groups excluding carboxylic acids is 1. The highest BCUT2D eigenvalue weighted by Gasteiger charge is 2.20. The molecule has 8 nitrogen and oxygen atoms in total. The number of unbranched alkanes of at least 4 members (excludes halogenated alkanes) is 27. The van der Waals surface area contributed by atoms with Crippen molar-refractivity contribution in [3.05, 3.63) is 12.2 Å². The topological polar surface area (TPSA) is 94.1 Å². The molecule has 0 fully saturated rings. The largest absolute Gasteiger partial charge is 0.756 e. The number of quaternary nitrogens is 1. The Kier molecular flexibility index (Phi) is 38.5. The second kappa shape index (κ2) is 39.1. The first-order chi connectivity index (χ1) is 26.1. The van der Waals surface area contributed by atoms with Crippen molar-refractivity contribution in [1.29, 1.82) is 0 Å². The number of phosphoric acid groups is 1. The van der Waals surface area contributed by atoms with Gasteiger partial charge in [0.2, 0.25) is 0 Å². The van der Waals surface area contributed by atoms with Crippen LogP contribution in [0.5, 0.6) is 0 Å². The third-order valence-corrected chi connectivity index (χ3v) is 11.0. The molecule has 54 heavy (non-hydrogen) atoms. The molecule has 0 radical (unpaired) electrons. The third-order valence-electron chi connectivity index (χ3n) is 10.1. The van der Waals surface area contributed by atoms with Crippen LogP contribution in [0.15, 0.2) is 12.2 Å². The van der Waals surface area contributed by atoms with Crippen LogP contribution in [-0.4, -0.2) is 70.7 Å². The van der Waals surface area contributed by atoms with Crippen LogP contribution in [0.4, 0.5) is 0 Å². The van der Waals surface area contributed by atoms with Crippen molar-refractivity contribution in [2.45, 2.75) is 219 Å².